The average Bonchev–Trinajstić information content (AvgIpc) is 2.40. The van der Waals surface area contributed by atoms with E-state index in [1.54, 1.807) is 0 Å². The highest BCUT2D eigenvalue weighted by atomic mass is 19.1. The molecule has 0 aromatic heterocycles. The van der Waals surface area contributed by atoms with Crippen LogP contribution in [0.2, 0.25) is 0 Å². The second kappa shape index (κ2) is 5.78. The zero-order valence-corrected chi connectivity index (χ0v) is 10.6. The van der Waals surface area contributed by atoms with Crippen molar-refractivity contribution in [3.8, 4) is 11.1 Å². The molecule has 2 heteroatoms. The lowest BCUT2D eigenvalue weighted by Crippen LogP contribution is -2.03. The summed E-state index contributed by atoms with van der Waals surface area (Å²) in [6.45, 7) is 2.44. The predicted octanol–water partition coefficient (Wildman–Crippen LogP) is 4.02. The zero-order chi connectivity index (χ0) is 13.0. The quantitative estimate of drug-likeness (QED) is 0.862. The summed E-state index contributed by atoms with van der Waals surface area (Å²) in [4.78, 5) is 0. The van der Waals surface area contributed by atoms with Gasteiger partial charge in [0.05, 0.1) is 0 Å². The molecule has 0 radical (unpaired) electrons. The lowest BCUT2D eigenvalue weighted by atomic mass is 9.97. The summed E-state index contributed by atoms with van der Waals surface area (Å²) in [6, 6.07) is 15.8. The number of benzene rings is 2. The number of nitrogens with two attached hydrogens (primary N) is 1. The molecule has 0 amide bonds. The van der Waals surface area contributed by atoms with Gasteiger partial charge in [-0.25, -0.2) is 4.39 Å². The van der Waals surface area contributed by atoms with Gasteiger partial charge in [-0.1, -0.05) is 42.5 Å². The molecule has 0 bridgehead atoms. The maximum absolute atomic E-state index is 13.9. The Morgan fingerprint density at radius 1 is 1.11 bits per heavy atom. The smallest absolute Gasteiger partial charge is 0.126 e. The van der Waals surface area contributed by atoms with Gasteiger partial charge in [0.15, 0.2) is 0 Å². The van der Waals surface area contributed by atoms with Crippen LogP contribution < -0.4 is 5.73 Å². The van der Waals surface area contributed by atoms with Gasteiger partial charge in [0, 0.05) is 0 Å². The molecule has 94 valence electrons. The Hall–Kier alpha value is -1.67. The number of aryl methyl sites for hydroxylation is 1. The molecule has 0 fully saturated rings. The van der Waals surface area contributed by atoms with Crippen LogP contribution in [-0.2, 0) is 0 Å². The molecule has 1 nitrogen and oxygen atoms in total. The third-order valence-corrected chi connectivity index (χ3v) is 3.12. The Labute approximate surface area is 107 Å². The van der Waals surface area contributed by atoms with Gasteiger partial charge in [0.25, 0.3) is 0 Å². The van der Waals surface area contributed by atoms with Crippen LogP contribution in [-0.4, -0.2) is 6.54 Å². The normalized spacial score (nSPS) is 12.4. The van der Waals surface area contributed by atoms with Gasteiger partial charge in [-0.2, -0.15) is 0 Å². The third-order valence-electron chi connectivity index (χ3n) is 3.12. The van der Waals surface area contributed by atoms with Gasteiger partial charge in [-0.3, -0.25) is 0 Å². The van der Waals surface area contributed by atoms with Crippen LogP contribution in [0.25, 0.3) is 11.1 Å². The lowest BCUT2D eigenvalue weighted by Gasteiger charge is -2.11. The Bertz CT molecular complexity index is 522. The van der Waals surface area contributed by atoms with Crippen molar-refractivity contribution in [3.63, 3.8) is 0 Å². The first kappa shape index (κ1) is 12.8. The van der Waals surface area contributed by atoms with E-state index in [1.807, 2.05) is 36.4 Å². The van der Waals surface area contributed by atoms with Crippen molar-refractivity contribution >= 4 is 0 Å². The van der Waals surface area contributed by atoms with Crippen molar-refractivity contribution in [2.45, 2.75) is 19.5 Å². The van der Waals surface area contributed by atoms with Crippen molar-refractivity contribution < 1.29 is 4.39 Å². The topological polar surface area (TPSA) is 26.0 Å². The van der Waals surface area contributed by atoms with E-state index < -0.39 is 6.17 Å². The zero-order valence-electron chi connectivity index (χ0n) is 10.6. The second-order valence-electron chi connectivity index (χ2n) is 4.49. The van der Waals surface area contributed by atoms with E-state index in [2.05, 4.69) is 19.1 Å². The predicted molar refractivity (Wildman–Crippen MR) is 74.1 cm³/mol. The number of hydrogen-bond acceptors (Lipinski definition) is 1. The van der Waals surface area contributed by atoms with Crippen LogP contribution in [0, 0.1) is 6.92 Å². The summed E-state index contributed by atoms with van der Waals surface area (Å²) < 4.78 is 13.9. The van der Waals surface area contributed by atoms with Crippen molar-refractivity contribution in [2.75, 3.05) is 6.54 Å². The molecule has 0 heterocycles. The lowest BCUT2D eigenvalue weighted by molar-refractivity contribution is 0.328. The Balaban J connectivity index is 2.36. The van der Waals surface area contributed by atoms with E-state index in [0.29, 0.717) is 18.5 Å². The van der Waals surface area contributed by atoms with Crippen molar-refractivity contribution in [3.05, 3.63) is 59.7 Å². The molecule has 0 aliphatic carbocycles. The molecule has 2 N–H and O–H groups in total. The maximum atomic E-state index is 13.9. The number of rotatable bonds is 4. The maximum Gasteiger partial charge on any atom is 0.126 e. The summed E-state index contributed by atoms with van der Waals surface area (Å²) in [7, 11) is 0. The highest BCUT2D eigenvalue weighted by molar-refractivity contribution is 5.67. The number of halogens is 1. The van der Waals surface area contributed by atoms with Crippen LogP contribution in [0.1, 0.15) is 23.7 Å². The van der Waals surface area contributed by atoms with Gasteiger partial charge in [0.2, 0.25) is 0 Å². The molecule has 0 aliphatic heterocycles. The summed E-state index contributed by atoms with van der Waals surface area (Å²) in [5, 5.41) is 0. The van der Waals surface area contributed by atoms with Crippen molar-refractivity contribution in [1.82, 2.24) is 0 Å². The molecule has 0 saturated carbocycles. The van der Waals surface area contributed by atoms with Gasteiger partial charge < -0.3 is 5.73 Å². The minimum absolute atomic E-state index is 0.371. The first-order valence-electron chi connectivity index (χ1n) is 6.22. The van der Waals surface area contributed by atoms with Crippen LogP contribution in [0.4, 0.5) is 4.39 Å². The van der Waals surface area contributed by atoms with Gasteiger partial charge >= 0.3 is 0 Å². The van der Waals surface area contributed by atoms with E-state index >= 15 is 0 Å². The SMILES string of the molecule is Cc1ccccc1-c1cccc(C(F)CCN)c1. The largest absolute Gasteiger partial charge is 0.330 e. The molecule has 0 aliphatic rings. The molecule has 1 unspecified atom stereocenters. The monoisotopic (exact) mass is 243 g/mol. The standard InChI is InChI=1S/C16H18FN/c1-12-5-2-3-8-15(12)13-6-4-7-14(11-13)16(17)9-10-18/h2-8,11,16H,9-10,18H2,1H3. The summed E-state index contributed by atoms with van der Waals surface area (Å²) in [6.07, 6.45) is -0.601. The van der Waals surface area contributed by atoms with Crippen molar-refractivity contribution in [2.24, 2.45) is 5.73 Å². The molecule has 2 rings (SSSR count). The molecular formula is C16H18FN. The molecule has 2 aromatic carbocycles. The Kier molecular flexibility index (Phi) is 4.11. The Morgan fingerprint density at radius 2 is 1.89 bits per heavy atom. The highest BCUT2D eigenvalue weighted by Gasteiger charge is 2.10. The first-order chi connectivity index (χ1) is 8.72. The number of hydrogen-bond donors (Lipinski definition) is 1. The van der Waals surface area contributed by atoms with Crippen molar-refractivity contribution in [1.29, 1.82) is 0 Å². The second-order valence-corrected chi connectivity index (χ2v) is 4.49. The third kappa shape index (κ3) is 2.77. The fourth-order valence-corrected chi connectivity index (χ4v) is 2.11. The minimum Gasteiger partial charge on any atom is -0.330 e. The Morgan fingerprint density at radius 3 is 2.61 bits per heavy atom. The summed E-state index contributed by atoms with van der Waals surface area (Å²) in [5.41, 5.74) is 9.52. The molecule has 1 atom stereocenters. The average molecular weight is 243 g/mol. The van der Waals surface area contributed by atoms with Gasteiger partial charge in [-0.05, 0) is 48.2 Å². The van der Waals surface area contributed by atoms with E-state index in [1.165, 1.54) is 5.56 Å². The fourth-order valence-electron chi connectivity index (χ4n) is 2.11. The fraction of sp³-hybridized carbons (Fsp3) is 0.250. The summed E-state index contributed by atoms with van der Waals surface area (Å²) >= 11 is 0. The summed E-state index contributed by atoms with van der Waals surface area (Å²) in [5.74, 6) is 0. The molecule has 18 heavy (non-hydrogen) atoms. The van der Waals surface area contributed by atoms with E-state index in [4.69, 9.17) is 5.73 Å². The number of alkyl halides is 1. The van der Waals surface area contributed by atoms with Gasteiger partial charge in [0.1, 0.15) is 6.17 Å². The molecule has 0 spiro atoms. The van der Waals surface area contributed by atoms with E-state index in [9.17, 15) is 4.39 Å². The molecular weight excluding hydrogens is 225 g/mol. The first-order valence-corrected chi connectivity index (χ1v) is 6.22. The molecule has 0 saturated heterocycles. The van der Waals surface area contributed by atoms with Gasteiger partial charge in [-0.15, -0.1) is 0 Å². The van der Waals surface area contributed by atoms with Crippen LogP contribution in [0.15, 0.2) is 48.5 Å². The highest BCUT2D eigenvalue weighted by Crippen LogP contribution is 2.28. The van der Waals surface area contributed by atoms with Crippen LogP contribution >= 0.6 is 0 Å². The minimum atomic E-state index is -0.973. The van der Waals surface area contributed by atoms with Crippen LogP contribution in [0.3, 0.4) is 0 Å². The van der Waals surface area contributed by atoms with E-state index in [-0.39, 0.29) is 0 Å². The van der Waals surface area contributed by atoms with E-state index in [0.717, 1.165) is 11.1 Å². The molecule has 2 aromatic rings. The van der Waals surface area contributed by atoms with Crippen LogP contribution in [0.5, 0.6) is 0 Å².